The van der Waals surface area contributed by atoms with E-state index in [-0.39, 0.29) is 72.3 Å². The molecule has 4 atom stereocenters. The number of aromatic nitrogens is 2. The van der Waals surface area contributed by atoms with E-state index in [2.05, 4.69) is 27.8 Å². The Morgan fingerprint density at radius 2 is 1.93 bits per heavy atom. The average molecular weight is 652 g/mol. The molecule has 4 aliphatic rings. The van der Waals surface area contributed by atoms with Gasteiger partial charge in [0.1, 0.15) is 40.9 Å². The summed E-state index contributed by atoms with van der Waals surface area (Å²) in [5.74, 6) is -0.457. The molecular formula is C32H32ClF2N7O2S. The van der Waals surface area contributed by atoms with Crippen molar-refractivity contribution in [2.45, 2.75) is 50.3 Å². The number of rotatable bonds is 2. The fourth-order valence-electron chi connectivity index (χ4n) is 7.74. The van der Waals surface area contributed by atoms with Gasteiger partial charge in [0, 0.05) is 36.1 Å². The maximum Gasteiger partial charge on any atom is 0.319 e. The molecule has 2 fully saturated rings. The number of nitriles is 1. The van der Waals surface area contributed by atoms with Gasteiger partial charge in [-0.25, -0.2) is 8.78 Å². The van der Waals surface area contributed by atoms with Gasteiger partial charge in [-0.05, 0) is 63.9 Å². The molecule has 8 rings (SSSR count). The van der Waals surface area contributed by atoms with Crippen molar-refractivity contribution in [3.8, 4) is 29.0 Å². The number of halogens is 3. The van der Waals surface area contributed by atoms with Crippen molar-refractivity contribution >= 4 is 54.7 Å². The molecule has 4 aromatic rings. The predicted molar refractivity (Wildman–Crippen MR) is 171 cm³/mol. The minimum atomic E-state index is -0.714. The predicted octanol–water partition coefficient (Wildman–Crippen LogP) is 5.81. The molecule has 2 N–H and O–H groups in total. The molecular weight excluding hydrogens is 620 g/mol. The fourth-order valence-corrected chi connectivity index (χ4v) is 9.02. The molecule has 4 bridgehead atoms. The Morgan fingerprint density at radius 1 is 1.09 bits per heavy atom. The third-order valence-corrected chi connectivity index (χ3v) is 11.3. The molecule has 0 saturated carbocycles. The van der Waals surface area contributed by atoms with Crippen molar-refractivity contribution < 1.29 is 18.3 Å². The molecule has 0 radical (unpaired) electrons. The first kappa shape index (κ1) is 28.9. The second kappa shape index (κ2) is 11.1. The Balaban J connectivity index is 1.39. The van der Waals surface area contributed by atoms with Crippen LogP contribution in [0.4, 0.5) is 19.6 Å². The van der Waals surface area contributed by atoms with E-state index in [9.17, 15) is 9.65 Å². The monoisotopic (exact) mass is 651 g/mol. The molecule has 45 heavy (non-hydrogen) atoms. The average Bonchev–Trinajstić information content (AvgIpc) is 3.72. The van der Waals surface area contributed by atoms with Gasteiger partial charge in [-0.15, -0.1) is 11.3 Å². The van der Waals surface area contributed by atoms with Crippen LogP contribution in [-0.4, -0.2) is 84.3 Å². The maximum atomic E-state index is 17.2. The van der Waals surface area contributed by atoms with Crippen LogP contribution in [0.15, 0.2) is 12.1 Å². The van der Waals surface area contributed by atoms with Crippen molar-refractivity contribution in [1.82, 2.24) is 19.8 Å². The molecule has 0 spiro atoms. The van der Waals surface area contributed by atoms with Gasteiger partial charge < -0.3 is 25.0 Å². The van der Waals surface area contributed by atoms with Crippen LogP contribution in [-0.2, 0) is 0 Å². The Labute approximate surface area is 268 Å². The largest absolute Gasteiger partial charge is 0.489 e. The van der Waals surface area contributed by atoms with Gasteiger partial charge in [0.2, 0.25) is 0 Å². The van der Waals surface area contributed by atoms with Gasteiger partial charge in [-0.1, -0.05) is 17.7 Å². The van der Waals surface area contributed by atoms with E-state index in [4.69, 9.17) is 36.8 Å². The van der Waals surface area contributed by atoms with Crippen LogP contribution < -0.4 is 20.1 Å². The minimum absolute atomic E-state index is 0.0147. The molecule has 2 aromatic heterocycles. The van der Waals surface area contributed by atoms with Gasteiger partial charge in [0.15, 0.2) is 11.6 Å². The Hall–Kier alpha value is -3.50. The normalized spacial score (nSPS) is 25.1. The van der Waals surface area contributed by atoms with Crippen molar-refractivity contribution in [3.05, 3.63) is 34.4 Å². The zero-order valence-corrected chi connectivity index (χ0v) is 26.4. The van der Waals surface area contributed by atoms with Gasteiger partial charge >= 0.3 is 6.01 Å². The van der Waals surface area contributed by atoms with Crippen molar-refractivity contribution in [2.75, 3.05) is 57.0 Å². The smallest absolute Gasteiger partial charge is 0.319 e. The number of thiophene rings is 1. The highest BCUT2D eigenvalue weighted by atomic mass is 35.5. The summed E-state index contributed by atoms with van der Waals surface area (Å²) >= 11 is 8.00. The highest BCUT2D eigenvalue weighted by Gasteiger charge is 2.38. The van der Waals surface area contributed by atoms with Crippen LogP contribution in [0.25, 0.3) is 32.1 Å². The number of hydrogen-bond acceptors (Lipinski definition) is 10. The number of nitrogens with two attached hydrogens (primary N) is 1. The molecule has 2 saturated heterocycles. The van der Waals surface area contributed by atoms with Crippen LogP contribution in [0.5, 0.6) is 11.8 Å². The SMILES string of the molecule is CN1CCCC1C1CCCN2CCC(C2)N2CCOc3c(Cl)c(-c4ccc(F)c5sc(N)c(C#N)c45)c(F)c4nc(nc2c34)O1. The summed E-state index contributed by atoms with van der Waals surface area (Å²) in [7, 11) is 2.12. The highest BCUT2D eigenvalue weighted by Crippen LogP contribution is 2.51. The lowest BCUT2D eigenvalue weighted by Crippen LogP contribution is -2.42. The quantitative estimate of drug-likeness (QED) is 0.288. The summed E-state index contributed by atoms with van der Waals surface area (Å²) in [5.41, 5.74) is 6.42. The van der Waals surface area contributed by atoms with Gasteiger partial charge in [-0.2, -0.15) is 15.2 Å². The molecule has 234 valence electrons. The minimum Gasteiger partial charge on any atom is -0.489 e. The number of fused-ring (bicyclic) bond motifs is 5. The topological polar surface area (TPSA) is 104 Å². The van der Waals surface area contributed by atoms with E-state index >= 15 is 4.39 Å². The zero-order valence-electron chi connectivity index (χ0n) is 24.8. The standard InChI is InChI=1S/C32H32ClF2N7O2S/c1-40-9-2-4-20(40)21-5-3-10-41-11-8-16(15-41)42-12-13-43-28-24-27(38-32(44-21)39-31(24)42)26(35)23(25(28)33)17-6-7-19(34)29-22(17)18(14-36)30(37)45-29/h6-7,16,20-21H,2-5,8-13,15,37H2,1H3. The number of nitrogens with zero attached hydrogens (tertiary/aromatic N) is 6. The number of hydrogen-bond donors (Lipinski definition) is 1. The number of likely N-dealkylation sites (N-methyl/N-ethyl adjacent to an activating group) is 1. The van der Waals surface area contributed by atoms with Crippen molar-refractivity contribution in [3.63, 3.8) is 0 Å². The second-order valence-corrected chi connectivity index (χ2v) is 13.8. The number of benzene rings is 2. The first-order chi connectivity index (χ1) is 21.8. The van der Waals surface area contributed by atoms with Crippen LogP contribution >= 0.6 is 22.9 Å². The summed E-state index contributed by atoms with van der Waals surface area (Å²) in [6, 6.07) is 5.22. The molecule has 2 aromatic carbocycles. The first-order valence-electron chi connectivity index (χ1n) is 15.5. The third kappa shape index (κ3) is 4.58. The number of anilines is 2. The summed E-state index contributed by atoms with van der Waals surface area (Å²) in [4.78, 5) is 16.7. The number of nitrogen functional groups attached to an aromatic ring is 1. The first-order valence-corrected chi connectivity index (χ1v) is 16.7. The maximum absolute atomic E-state index is 17.2. The lowest BCUT2D eigenvalue weighted by molar-refractivity contribution is 0.0862. The molecule has 0 amide bonds. The van der Waals surface area contributed by atoms with E-state index in [1.54, 1.807) is 0 Å². The Morgan fingerprint density at radius 3 is 2.73 bits per heavy atom. The number of likely N-dealkylation sites (tertiary alicyclic amines) is 1. The Bertz CT molecular complexity index is 1900. The lowest BCUT2D eigenvalue weighted by Gasteiger charge is -2.32. The van der Waals surface area contributed by atoms with E-state index < -0.39 is 11.6 Å². The Kier molecular flexibility index (Phi) is 7.13. The molecule has 4 unspecified atom stereocenters. The van der Waals surface area contributed by atoms with Crippen molar-refractivity contribution in [1.29, 1.82) is 5.26 Å². The third-order valence-electron chi connectivity index (χ3n) is 9.91. The molecule has 9 nitrogen and oxygen atoms in total. The van der Waals surface area contributed by atoms with Gasteiger partial charge in [0.05, 0.1) is 27.2 Å². The summed E-state index contributed by atoms with van der Waals surface area (Å²) in [5, 5.41) is 10.7. The van der Waals surface area contributed by atoms with E-state index in [0.717, 1.165) is 69.6 Å². The summed E-state index contributed by atoms with van der Waals surface area (Å²) in [6.07, 6.45) is 4.71. The second-order valence-electron chi connectivity index (χ2n) is 12.4. The fraction of sp³-hybridized carbons (Fsp3) is 0.469. The lowest BCUT2D eigenvalue weighted by atomic mass is 9.96. The molecule has 0 aliphatic carbocycles. The van der Waals surface area contributed by atoms with E-state index in [1.165, 1.54) is 12.1 Å². The van der Waals surface area contributed by atoms with Crippen LogP contribution in [0.3, 0.4) is 0 Å². The van der Waals surface area contributed by atoms with E-state index in [1.807, 2.05) is 0 Å². The summed E-state index contributed by atoms with van der Waals surface area (Å²) < 4.78 is 45.2. The highest BCUT2D eigenvalue weighted by molar-refractivity contribution is 7.23. The molecule has 6 heterocycles. The van der Waals surface area contributed by atoms with Crippen LogP contribution in [0, 0.1) is 23.0 Å². The van der Waals surface area contributed by atoms with Crippen molar-refractivity contribution in [2.24, 2.45) is 0 Å². The van der Waals surface area contributed by atoms with Crippen LogP contribution in [0.2, 0.25) is 5.02 Å². The summed E-state index contributed by atoms with van der Waals surface area (Å²) in [6.45, 7) is 4.67. The number of ether oxygens (including phenoxy) is 2. The van der Waals surface area contributed by atoms with Crippen LogP contribution in [0.1, 0.15) is 37.7 Å². The van der Waals surface area contributed by atoms with Gasteiger partial charge in [0.25, 0.3) is 0 Å². The zero-order chi connectivity index (χ0) is 31.0. The van der Waals surface area contributed by atoms with Gasteiger partial charge in [-0.3, -0.25) is 4.90 Å². The molecule has 13 heteroatoms. The molecule has 4 aliphatic heterocycles. The van der Waals surface area contributed by atoms with E-state index in [0.29, 0.717) is 24.4 Å².